The van der Waals surface area contributed by atoms with Gasteiger partial charge in [-0.15, -0.1) is 0 Å². The van der Waals surface area contributed by atoms with Crippen LogP contribution in [-0.4, -0.2) is 24.6 Å². The maximum atomic E-state index is 12.5. The molecule has 6 nitrogen and oxygen atoms in total. The van der Waals surface area contributed by atoms with Crippen LogP contribution in [0.1, 0.15) is 12.0 Å². The minimum absolute atomic E-state index is 0.0802. The summed E-state index contributed by atoms with van der Waals surface area (Å²) in [6.07, 6.45) is 4.07. The van der Waals surface area contributed by atoms with Crippen LogP contribution in [0.2, 0.25) is 5.02 Å². The average molecular weight is 399 g/mol. The van der Waals surface area contributed by atoms with Crippen LogP contribution in [0, 0.1) is 5.92 Å². The number of ether oxygens (including phenoxy) is 2. The predicted molar refractivity (Wildman–Crippen MR) is 106 cm³/mol. The fourth-order valence-corrected chi connectivity index (χ4v) is 3.58. The van der Waals surface area contributed by atoms with E-state index >= 15 is 0 Å². The van der Waals surface area contributed by atoms with Crippen LogP contribution in [0.5, 0.6) is 11.5 Å². The Bertz CT molecular complexity index is 988. The maximum absolute atomic E-state index is 12.5. The molecule has 1 N–H and O–H groups in total. The monoisotopic (exact) mass is 398 g/mol. The van der Waals surface area contributed by atoms with Crippen molar-refractivity contribution in [2.45, 2.75) is 12.8 Å². The summed E-state index contributed by atoms with van der Waals surface area (Å²) in [6.45, 7) is 0.512. The van der Waals surface area contributed by atoms with Gasteiger partial charge in [-0.3, -0.25) is 4.79 Å². The van der Waals surface area contributed by atoms with Gasteiger partial charge in [0.2, 0.25) is 5.91 Å². The second-order valence-electron chi connectivity index (χ2n) is 6.67. The number of nitrogens with one attached hydrogen (secondary N) is 1. The lowest BCUT2D eigenvalue weighted by Gasteiger charge is -2.25. The first-order valence-electron chi connectivity index (χ1n) is 8.90. The number of halogens is 1. The Morgan fingerprint density at radius 2 is 2.21 bits per heavy atom. The van der Waals surface area contributed by atoms with Crippen molar-refractivity contribution < 1.29 is 18.7 Å². The number of benzene rings is 2. The molecular weight excluding hydrogens is 380 g/mol. The highest BCUT2D eigenvalue weighted by atomic mass is 35.5. The van der Waals surface area contributed by atoms with Gasteiger partial charge < -0.3 is 19.2 Å². The van der Waals surface area contributed by atoms with Crippen molar-refractivity contribution in [3.63, 3.8) is 0 Å². The Labute approximate surface area is 167 Å². The number of carbonyl (C=O) groups excluding carboxylic acids is 1. The molecule has 144 valence electrons. The molecule has 7 heteroatoms. The number of oxazole rings is 1. The van der Waals surface area contributed by atoms with Crippen molar-refractivity contribution in [3.05, 3.63) is 59.6 Å². The maximum Gasteiger partial charge on any atom is 0.224 e. The van der Waals surface area contributed by atoms with Gasteiger partial charge >= 0.3 is 0 Å². The van der Waals surface area contributed by atoms with Gasteiger partial charge in [-0.2, -0.15) is 0 Å². The summed E-state index contributed by atoms with van der Waals surface area (Å²) in [5, 5.41) is 3.38. The second kappa shape index (κ2) is 7.94. The van der Waals surface area contributed by atoms with Gasteiger partial charge in [0, 0.05) is 23.6 Å². The number of fused-ring (bicyclic) bond motifs is 1. The van der Waals surface area contributed by atoms with Crippen LogP contribution in [0.4, 0.5) is 5.69 Å². The zero-order valence-electron chi connectivity index (χ0n) is 15.3. The smallest absolute Gasteiger partial charge is 0.224 e. The fraction of sp³-hybridized carbons (Fsp3) is 0.238. The summed E-state index contributed by atoms with van der Waals surface area (Å²) >= 11 is 6.31. The molecule has 2 heterocycles. The van der Waals surface area contributed by atoms with E-state index in [0.29, 0.717) is 29.5 Å². The quantitative estimate of drug-likeness (QED) is 0.680. The Morgan fingerprint density at radius 3 is 2.96 bits per heavy atom. The largest absolute Gasteiger partial charge is 0.497 e. The van der Waals surface area contributed by atoms with E-state index in [4.69, 9.17) is 25.5 Å². The molecule has 0 aliphatic carbocycles. The van der Waals surface area contributed by atoms with E-state index in [9.17, 15) is 4.79 Å². The third-order valence-electron chi connectivity index (χ3n) is 4.68. The van der Waals surface area contributed by atoms with E-state index in [-0.39, 0.29) is 11.8 Å². The molecule has 1 amide bonds. The highest BCUT2D eigenvalue weighted by Crippen LogP contribution is 2.33. The minimum atomic E-state index is -0.0802. The molecule has 1 atom stereocenters. The Balaban J connectivity index is 1.39. The third kappa shape index (κ3) is 3.97. The van der Waals surface area contributed by atoms with Gasteiger partial charge in [-0.05, 0) is 48.4 Å². The SMILES string of the molecule is COc1ccc2c(c1)CC(CC(=O)Nc1ccc(-c3cnco3)c(Cl)c1)CO2. The van der Waals surface area contributed by atoms with Crippen LogP contribution in [0.3, 0.4) is 0 Å². The van der Waals surface area contributed by atoms with Gasteiger partial charge in [-0.25, -0.2) is 4.98 Å². The number of amides is 1. The third-order valence-corrected chi connectivity index (χ3v) is 4.99. The number of aromatic nitrogens is 1. The summed E-state index contributed by atoms with van der Waals surface area (Å²) in [4.78, 5) is 16.4. The Hall–Kier alpha value is -2.99. The minimum Gasteiger partial charge on any atom is -0.497 e. The van der Waals surface area contributed by atoms with Crippen molar-refractivity contribution in [1.82, 2.24) is 4.98 Å². The lowest BCUT2D eigenvalue weighted by atomic mass is 9.93. The molecule has 0 radical (unpaired) electrons. The number of hydrogen-bond acceptors (Lipinski definition) is 5. The standard InChI is InChI=1S/C21H19ClN2O4/c1-26-16-3-5-19-14(8-16)6-13(11-27-19)7-21(25)24-15-2-4-17(18(22)9-15)20-10-23-12-28-20/h2-5,8-10,12-13H,6-7,11H2,1H3,(H,24,25). The molecule has 4 rings (SSSR count). The average Bonchev–Trinajstić information content (AvgIpc) is 3.22. The summed E-state index contributed by atoms with van der Waals surface area (Å²) in [7, 11) is 1.63. The number of nitrogens with zero attached hydrogens (tertiary/aromatic N) is 1. The van der Waals surface area contributed by atoms with Crippen molar-refractivity contribution in [2.24, 2.45) is 5.92 Å². The molecule has 0 bridgehead atoms. The topological polar surface area (TPSA) is 73.6 Å². The van der Waals surface area contributed by atoms with Crippen molar-refractivity contribution in [2.75, 3.05) is 19.0 Å². The molecule has 1 aromatic heterocycles. The van der Waals surface area contributed by atoms with Gasteiger partial charge in [0.15, 0.2) is 12.2 Å². The first-order chi connectivity index (χ1) is 13.6. The van der Waals surface area contributed by atoms with Crippen LogP contribution in [0.15, 0.2) is 53.4 Å². The van der Waals surface area contributed by atoms with Gasteiger partial charge in [0.1, 0.15) is 11.5 Å². The molecule has 0 spiro atoms. The first-order valence-corrected chi connectivity index (χ1v) is 9.28. The molecule has 0 saturated carbocycles. The van der Waals surface area contributed by atoms with Crippen molar-refractivity contribution in [1.29, 1.82) is 0 Å². The molecule has 1 aliphatic heterocycles. The zero-order valence-corrected chi connectivity index (χ0v) is 16.0. The highest BCUT2D eigenvalue weighted by Gasteiger charge is 2.23. The summed E-state index contributed by atoms with van der Waals surface area (Å²) in [5.41, 5.74) is 2.42. The van der Waals surface area contributed by atoms with Crippen LogP contribution >= 0.6 is 11.6 Å². The van der Waals surface area contributed by atoms with E-state index in [1.54, 1.807) is 31.5 Å². The predicted octanol–water partition coefficient (Wildman–Crippen LogP) is 4.58. The molecule has 1 unspecified atom stereocenters. The number of rotatable bonds is 5. The van der Waals surface area contributed by atoms with Gasteiger partial charge in [0.25, 0.3) is 0 Å². The summed E-state index contributed by atoms with van der Waals surface area (Å²) in [6, 6.07) is 11.0. The number of anilines is 1. The number of carbonyl (C=O) groups is 1. The molecule has 1 aliphatic rings. The number of hydrogen-bond donors (Lipinski definition) is 1. The van der Waals surface area contributed by atoms with E-state index < -0.39 is 0 Å². The fourth-order valence-electron chi connectivity index (χ4n) is 3.31. The van der Waals surface area contributed by atoms with Crippen LogP contribution in [-0.2, 0) is 11.2 Å². The van der Waals surface area contributed by atoms with E-state index in [1.807, 2.05) is 18.2 Å². The van der Waals surface area contributed by atoms with E-state index in [1.165, 1.54) is 6.39 Å². The molecular formula is C21H19ClN2O4. The molecule has 0 saturated heterocycles. The highest BCUT2D eigenvalue weighted by molar-refractivity contribution is 6.33. The normalized spacial score (nSPS) is 15.4. The van der Waals surface area contributed by atoms with Gasteiger partial charge in [-0.1, -0.05) is 11.6 Å². The Kier molecular flexibility index (Phi) is 5.21. The molecule has 3 aromatic rings. The zero-order chi connectivity index (χ0) is 19.5. The number of methoxy groups -OCH3 is 1. The van der Waals surface area contributed by atoms with Crippen LogP contribution in [0.25, 0.3) is 11.3 Å². The van der Waals surface area contributed by atoms with E-state index in [2.05, 4.69) is 10.3 Å². The van der Waals surface area contributed by atoms with Crippen molar-refractivity contribution >= 4 is 23.2 Å². The van der Waals surface area contributed by atoms with Crippen molar-refractivity contribution in [3.8, 4) is 22.8 Å². The molecule has 2 aromatic carbocycles. The Morgan fingerprint density at radius 1 is 1.32 bits per heavy atom. The lowest BCUT2D eigenvalue weighted by molar-refractivity contribution is -0.117. The second-order valence-corrected chi connectivity index (χ2v) is 7.07. The molecule has 28 heavy (non-hydrogen) atoms. The van der Waals surface area contributed by atoms with Crippen LogP contribution < -0.4 is 14.8 Å². The summed E-state index contributed by atoms with van der Waals surface area (Å²) in [5.74, 6) is 2.24. The van der Waals surface area contributed by atoms with Gasteiger partial charge in [0.05, 0.1) is 24.9 Å². The lowest BCUT2D eigenvalue weighted by Crippen LogP contribution is -2.26. The summed E-state index contributed by atoms with van der Waals surface area (Å²) < 4.78 is 16.3. The first kappa shape index (κ1) is 18.4. The molecule has 0 fully saturated rings. The van der Waals surface area contributed by atoms with E-state index in [0.717, 1.165) is 29.0 Å².